The first-order valence-corrected chi connectivity index (χ1v) is 13.4. The van der Waals surface area contributed by atoms with Crippen molar-refractivity contribution in [2.45, 2.75) is 23.7 Å². The molecule has 0 fully saturated rings. The summed E-state index contributed by atoms with van der Waals surface area (Å²) in [5.41, 5.74) is -0.647. The number of benzene rings is 4. The molecule has 12 nitrogen and oxygen atoms in total. The number of hydrogen-bond donors (Lipinski definition) is 7. The summed E-state index contributed by atoms with van der Waals surface area (Å²) >= 11 is 0. The molecule has 4 aromatic carbocycles. The van der Waals surface area contributed by atoms with Gasteiger partial charge in [-0.05, 0) is 42.0 Å². The molecule has 228 valence electrons. The molecule has 0 saturated carbocycles. The highest BCUT2D eigenvalue weighted by molar-refractivity contribution is 6.05. The molecule has 0 bridgehead atoms. The van der Waals surface area contributed by atoms with Crippen LogP contribution in [-0.2, 0) is 5.60 Å². The van der Waals surface area contributed by atoms with E-state index in [1.165, 1.54) is 50.6 Å². The molecule has 0 spiro atoms. The summed E-state index contributed by atoms with van der Waals surface area (Å²) in [5.74, 6) is -3.41. The maximum Gasteiger partial charge on any atom is 0.202 e. The molecular formula is C32H28O12. The normalized spacial score (nSPS) is 19.8. The first kappa shape index (κ1) is 28.8. The highest BCUT2D eigenvalue weighted by atomic mass is 16.5. The van der Waals surface area contributed by atoms with E-state index in [0.717, 1.165) is 12.1 Å². The van der Waals surface area contributed by atoms with E-state index >= 15 is 0 Å². The van der Waals surface area contributed by atoms with Gasteiger partial charge in [0.15, 0.2) is 52.3 Å². The van der Waals surface area contributed by atoms with Gasteiger partial charge in [0.25, 0.3) is 0 Å². The van der Waals surface area contributed by atoms with E-state index in [0.29, 0.717) is 11.1 Å². The second kappa shape index (κ2) is 10.4. The Labute approximate surface area is 250 Å². The molecule has 0 aliphatic carbocycles. The van der Waals surface area contributed by atoms with Crippen LogP contribution in [0.3, 0.4) is 0 Å². The van der Waals surface area contributed by atoms with E-state index in [2.05, 4.69) is 0 Å². The first-order valence-electron chi connectivity index (χ1n) is 13.4. The van der Waals surface area contributed by atoms with Gasteiger partial charge in [0.1, 0.15) is 22.8 Å². The summed E-state index contributed by atoms with van der Waals surface area (Å²) in [6, 6.07) is 13.8. The summed E-state index contributed by atoms with van der Waals surface area (Å²) in [4.78, 5) is 13.1. The Balaban J connectivity index is 1.54. The molecule has 3 unspecified atom stereocenters. The van der Waals surface area contributed by atoms with Crippen LogP contribution >= 0.6 is 0 Å². The van der Waals surface area contributed by atoms with Crippen LogP contribution in [0.25, 0.3) is 0 Å². The van der Waals surface area contributed by atoms with Gasteiger partial charge in [-0.15, -0.1) is 0 Å². The summed E-state index contributed by atoms with van der Waals surface area (Å²) in [6.45, 7) is -0.542. The van der Waals surface area contributed by atoms with Gasteiger partial charge in [-0.3, -0.25) is 4.79 Å². The van der Waals surface area contributed by atoms with Gasteiger partial charge in [-0.25, -0.2) is 0 Å². The van der Waals surface area contributed by atoms with Crippen LogP contribution in [0, 0.1) is 0 Å². The molecule has 2 aliphatic rings. The third-order valence-corrected chi connectivity index (χ3v) is 8.10. The molecule has 0 aromatic heterocycles. The number of Topliss-reactive ketones (excluding diaryl/α,β-unsaturated/α-hetero) is 1. The van der Waals surface area contributed by atoms with Crippen molar-refractivity contribution in [2.75, 3.05) is 20.8 Å². The number of fused-ring (bicyclic) bond motifs is 2. The number of carbonyl (C=O) groups is 1. The lowest BCUT2D eigenvalue weighted by Crippen LogP contribution is -2.38. The Morgan fingerprint density at radius 3 is 1.98 bits per heavy atom. The minimum Gasteiger partial charge on any atom is -0.508 e. The fourth-order valence-corrected chi connectivity index (χ4v) is 6.04. The number of aromatic hydroxyl groups is 5. The van der Waals surface area contributed by atoms with Crippen molar-refractivity contribution in [2.24, 2.45) is 0 Å². The van der Waals surface area contributed by atoms with E-state index in [-0.39, 0.29) is 56.9 Å². The zero-order chi connectivity index (χ0) is 31.5. The fourth-order valence-electron chi connectivity index (χ4n) is 6.04. The Hall–Kier alpha value is -5.33. The van der Waals surface area contributed by atoms with Crippen LogP contribution < -0.4 is 18.9 Å². The molecule has 7 N–H and O–H groups in total. The van der Waals surface area contributed by atoms with E-state index in [9.17, 15) is 40.5 Å². The van der Waals surface area contributed by atoms with Gasteiger partial charge < -0.3 is 54.7 Å². The molecule has 0 saturated heterocycles. The highest BCUT2D eigenvalue weighted by Gasteiger charge is 2.53. The summed E-state index contributed by atoms with van der Waals surface area (Å²) in [5, 5.41) is 73.9. The number of hydrogen-bond acceptors (Lipinski definition) is 12. The lowest BCUT2D eigenvalue weighted by Gasteiger charge is -2.35. The SMILES string of the molecule is COc1cc(C2(c3ccc(O)c(OC)c3)Oc3c(O)cc(C4Oc5cc(O)cc(O)c5C(=O)C4O)cc3C2CO)ccc1O. The number of aliphatic hydroxyl groups is 2. The maximum absolute atomic E-state index is 13.1. The number of ketones is 1. The van der Waals surface area contributed by atoms with Crippen molar-refractivity contribution in [3.8, 4) is 51.7 Å². The zero-order valence-corrected chi connectivity index (χ0v) is 23.4. The zero-order valence-electron chi connectivity index (χ0n) is 23.4. The molecule has 12 heteroatoms. The van der Waals surface area contributed by atoms with Gasteiger partial charge in [0.2, 0.25) is 5.78 Å². The lowest BCUT2D eigenvalue weighted by atomic mass is 9.74. The number of rotatable bonds is 6. The second-order valence-corrected chi connectivity index (χ2v) is 10.5. The van der Waals surface area contributed by atoms with E-state index < -0.39 is 47.6 Å². The predicted octanol–water partition coefficient (Wildman–Crippen LogP) is 3.32. The van der Waals surface area contributed by atoms with Gasteiger partial charge in [-0.2, -0.15) is 0 Å². The molecule has 6 rings (SSSR count). The number of aliphatic hydroxyl groups excluding tert-OH is 2. The number of methoxy groups -OCH3 is 2. The Kier molecular flexibility index (Phi) is 6.82. The molecule has 0 radical (unpaired) electrons. The van der Waals surface area contributed by atoms with Gasteiger partial charge in [0.05, 0.1) is 26.7 Å². The van der Waals surface area contributed by atoms with Crippen LogP contribution in [0.2, 0.25) is 0 Å². The van der Waals surface area contributed by atoms with Crippen molar-refractivity contribution < 1.29 is 59.5 Å². The molecule has 2 aliphatic heterocycles. The number of ether oxygens (including phenoxy) is 4. The number of phenolic OH excluding ortho intramolecular Hbond substituents is 5. The summed E-state index contributed by atoms with van der Waals surface area (Å²) in [7, 11) is 2.74. The topological polar surface area (TPSA) is 196 Å². The average molecular weight is 605 g/mol. The van der Waals surface area contributed by atoms with Gasteiger partial charge in [0, 0.05) is 28.8 Å². The van der Waals surface area contributed by atoms with Gasteiger partial charge in [-0.1, -0.05) is 12.1 Å². The van der Waals surface area contributed by atoms with Crippen LogP contribution in [0.15, 0.2) is 60.7 Å². The van der Waals surface area contributed by atoms with E-state index in [1.54, 1.807) is 12.1 Å². The quantitative estimate of drug-likeness (QED) is 0.170. The largest absolute Gasteiger partial charge is 0.508 e. The van der Waals surface area contributed by atoms with Crippen LogP contribution in [0.1, 0.15) is 44.6 Å². The molecule has 3 atom stereocenters. The first-order chi connectivity index (χ1) is 21.0. The molecule has 0 amide bonds. The molecule has 4 aromatic rings. The van der Waals surface area contributed by atoms with Crippen LogP contribution in [0.5, 0.6) is 51.7 Å². The summed E-state index contributed by atoms with van der Waals surface area (Å²) in [6.07, 6.45) is -3.16. The maximum atomic E-state index is 13.1. The smallest absolute Gasteiger partial charge is 0.202 e. The van der Waals surface area contributed by atoms with Crippen molar-refractivity contribution in [1.82, 2.24) is 0 Å². The minimum absolute atomic E-state index is 0.0146. The van der Waals surface area contributed by atoms with Crippen molar-refractivity contribution in [3.05, 3.63) is 88.5 Å². The highest BCUT2D eigenvalue weighted by Crippen LogP contribution is 2.58. The molecule has 2 heterocycles. The Morgan fingerprint density at radius 2 is 1.41 bits per heavy atom. The van der Waals surface area contributed by atoms with E-state index in [4.69, 9.17) is 18.9 Å². The second-order valence-electron chi connectivity index (χ2n) is 10.5. The standard InChI is InChI=1S/C32H28O12/c1-41-24-9-15(3-5-20(24)35)32(16-4-6-21(36)25(10-16)42-2)19(13-33)18-7-14(8-23(38)31(18)44-32)30-29(40)28(39)27-22(37)11-17(34)12-26(27)43-30/h3-12,19,29-30,33-38,40H,13H2,1-2H3. The predicted molar refractivity (Wildman–Crippen MR) is 152 cm³/mol. The average Bonchev–Trinajstić information content (AvgIpc) is 3.34. The van der Waals surface area contributed by atoms with Crippen LogP contribution in [0.4, 0.5) is 0 Å². The summed E-state index contributed by atoms with van der Waals surface area (Å²) < 4.78 is 23.1. The number of carbonyl (C=O) groups excluding carboxylic acids is 1. The fraction of sp³-hybridized carbons (Fsp3) is 0.219. The van der Waals surface area contributed by atoms with E-state index in [1.807, 2.05) is 0 Å². The van der Waals surface area contributed by atoms with Crippen LogP contribution in [-0.4, -0.2) is 68.5 Å². The number of phenols is 5. The van der Waals surface area contributed by atoms with Gasteiger partial charge >= 0.3 is 0 Å². The molecular weight excluding hydrogens is 576 g/mol. The van der Waals surface area contributed by atoms with Crippen molar-refractivity contribution >= 4 is 5.78 Å². The van der Waals surface area contributed by atoms with Crippen molar-refractivity contribution in [1.29, 1.82) is 0 Å². The third-order valence-electron chi connectivity index (χ3n) is 8.10. The molecule has 44 heavy (non-hydrogen) atoms. The minimum atomic E-state index is -1.79. The third kappa shape index (κ3) is 4.18. The lowest BCUT2D eigenvalue weighted by molar-refractivity contribution is 0.0209. The monoisotopic (exact) mass is 604 g/mol. The Morgan fingerprint density at radius 1 is 0.795 bits per heavy atom. The van der Waals surface area contributed by atoms with Crippen molar-refractivity contribution in [3.63, 3.8) is 0 Å². The Bertz CT molecular complexity index is 1750.